The number of thiophene rings is 1. The maximum atomic E-state index is 12.0. The minimum atomic E-state index is 0. The van der Waals surface area contributed by atoms with Crippen LogP contribution in [0.2, 0.25) is 0 Å². The quantitative estimate of drug-likeness (QED) is 0.915. The topological polar surface area (TPSA) is 46.3 Å². The first-order chi connectivity index (χ1) is 7.66. The molecule has 1 saturated heterocycles. The largest absolute Gasteiger partial charge is 0.342 e. The average molecular weight is 275 g/mol. The predicted molar refractivity (Wildman–Crippen MR) is 73.6 cm³/mol. The van der Waals surface area contributed by atoms with Gasteiger partial charge < -0.3 is 10.6 Å². The van der Waals surface area contributed by atoms with E-state index >= 15 is 0 Å². The van der Waals surface area contributed by atoms with Gasteiger partial charge in [-0.25, -0.2) is 0 Å². The normalized spacial score (nSPS) is 21.1. The van der Waals surface area contributed by atoms with Crippen molar-refractivity contribution in [3.63, 3.8) is 0 Å². The summed E-state index contributed by atoms with van der Waals surface area (Å²) >= 11 is 1.64. The summed E-state index contributed by atoms with van der Waals surface area (Å²) in [4.78, 5) is 15.1. The Hall–Kier alpha value is -0.580. The van der Waals surface area contributed by atoms with E-state index in [1.54, 1.807) is 11.3 Å². The Bertz CT molecular complexity index is 353. The molecule has 2 N–H and O–H groups in total. The summed E-state index contributed by atoms with van der Waals surface area (Å²) in [6.07, 6.45) is 1.59. The molecule has 1 aliphatic rings. The van der Waals surface area contributed by atoms with Gasteiger partial charge >= 0.3 is 0 Å². The van der Waals surface area contributed by atoms with Crippen molar-refractivity contribution in [2.45, 2.75) is 25.8 Å². The highest BCUT2D eigenvalue weighted by Gasteiger charge is 2.28. The van der Waals surface area contributed by atoms with Crippen LogP contribution in [0.1, 0.15) is 18.2 Å². The highest BCUT2D eigenvalue weighted by Crippen LogP contribution is 2.20. The maximum absolute atomic E-state index is 12.0. The number of carbonyl (C=O) groups is 1. The number of nitrogens with two attached hydrogens (primary N) is 1. The van der Waals surface area contributed by atoms with Crippen LogP contribution in [0.3, 0.4) is 0 Å². The van der Waals surface area contributed by atoms with Gasteiger partial charge in [0.05, 0.1) is 6.42 Å². The Kier molecular flexibility index (Phi) is 5.43. The first kappa shape index (κ1) is 14.5. The Labute approximate surface area is 112 Å². The molecule has 1 amide bonds. The van der Waals surface area contributed by atoms with Gasteiger partial charge in [-0.05, 0) is 30.7 Å². The van der Waals surface area contributed by atoms with Gasteiger partial charge in [0, 0.05) is 24.0 Å². The summed E-state index contributed by atoms with van der Waals surface area (Å²) in [6, 6.07) is 4.20. The first-order valence-corrected chi connectivity index (χ1v) is 6.60. The van der Waals surface area contributed by atoms with Crippen molar-refractivity contribution in [3.8, 4) is 0 Å². The molecule has 2 unspecified atom stereocenters. The second kappa shape index (κ2) is 6.38. The van der Waals surface area contributed by atoms with E-state index < -0.39 is 0 Å². The lowest BCUT2D eigenvalue weighted by Crippen LogP contribution is -2.33. The summed E-state index contributed by atoms with van der Waals surface area (Å²) < 4.78 is 0. The summed E-state index contributed by atoms with van der Waals surface area (Å²) in [6.45, 7) is 3.73. The van der Waals surface area contributed by atoms with Gasteiger partial charge in [0.1, 0.15) is 0 Å². The second-order valence-electron chi connectivity index (χ2n) is 4.50. The van der Waals surface area contributed by atoms with E-state index in [-0.39, 0.29) is 24.4 Å². The minimum Gasteiger partial charge on any atom is -0.342 e. The molecule has 1 fully saturated rings. The highest BCUT2D eigenvalue weighted by molar-refractivity contribution is 7.10. The smallest absolute Gasteiger partial charge is 0.227 e. The molecule has 96 valence electrons. The molecule has 2 atom stereocenters. The average Bonchev–Trinajstić information content (AvgIpc) is 2.86. The summed E-state index contributed by atoms with van der Waals surface area (Å²) in [5.74, 6) is 0.720. The van der Waals surface area contributed by atoms with Crippen LogP contribution in [-0.2, 0) is 11.2 Å². The molecule has 17 heavy (non-hydrogen) atoms. The lowest BCUT2D eigenvalue weighted by atomic mass is 10.0. The molecular weight excluding hydrogens is 256 g/mol. The fourth-order valence-electron chi connectivity index (χ4n) is 2.12. The number of amides is 1. The molecule has 0 radical (unpaired) electrons. The lowest BCUT2D eigenvalue weighted by molar-refractivity contribution is -0.129. The molecule has 3 nitrogen and oxygen atoms in total. The van der Waals surface area contributed by atoms with E-state index in [1.165, 1.54) is 0 Å². The Morgan fingerprint density at radius 3 is 3.00 bits per heavy atom. The summed E-state index contributed by atoms with van der Waals surface area (Å²) in [5.41, 5.74) is 5.86. The van der Waals surface area contributed by atoms with Crippen molar-refractivity contribution in [2.24, 2.45) is 11.7 Å². The molecule has 0 saturated carbocycles. The third-order valence-electron chi connectivity index (χ3n) is 3.23. The molecular formula is C12H19ClN2OS. The van der Waals surface area contributed by atoms with Crippen molar-refractivity contribution in [3.05, 3.63) is 22.4 Å². The van der Waals surface area contributed by atoms with E-state index in [0.717, 1.165) is 24.4 Å². The number of nitrogens with zero attached hydrogens (tertiary/aromatic N) is 1. The molecule has 0 aromatic carbocycles. The molecule has 1 aromatic heterocycles. The number of hydrogen-bond acceptors (Lipinski definition) is 3. The monoisotopic (exact) mass is 274 g/mol. The van der Waals surface area contributed by atoms with Crippen LogP contribution in [0, 0.1) is 5.92 Å². The fourth-order valence-corrected chi connectivity index (χ4v) is 2.81. The molecule has 1 aliphatic heterocycles. The predicted octanol–water partition coefficient (Wildman–Crippen LogP) is 1.91. The van der Waals surface area contributed by atoms with Crippen LogP contribution in [0.25, 0.3) is 0 Å². The number of halogens is 1. The van der Waals surface area contributed by atoms with E-state index in [0.29, 0.717) is 12.3 Å². The molecule has 5 heteroatoms. The van der Waals surface area contributed by atoms with Gasteiger partial charge in [-0.2, -0.15) is 0 Å². The van der Waals surface area contributed by atoms with Crippen LogP contribution in [0.4, 0.5) is 0 Å². The number of carbonyl (C=O) groups excluding carboxylic acids is 1. The molecule has 1 aromatic rings. The zero-order valence-electron chi connectivity index (χ0n) is 9.96. The van der Waals surface area contributed by atoms with Crippen LogP contribution in [0.5, 0.6) is 0 Å². The zero-order chi connectivity index (χ0) is 11.5. The first-order valence-electron chi connectivity index (χ1n) is 5.72. The van der Waals surface area contributed by atoms with Crippen LogP contribution < -0.4 is 5.73 Å². The lowest BCUT2D eigenvalue weighted by Gasteiger charge is -2.17. The Morgan fingerprint density at radius 2 is 2.47 bits per heavy atom. The van der Waals surface area contributed by atoms with Gasteiger partial charge in [-0.3, -0.25) is 4.79 Å². The molecule has 2 heterocycles. The van der Waals surface area contributed by atoms with Gasteiger partial charge in [0.2, 0.25) is 5.91 Å². The molecule has 0 bridgehead atoms. The van der Waals surface area contributed by atoms with Gasteiger partial charge in [-0.15, -0.1) is 23.7 Å². The Balaban J connectivity index is 0.00000144. The fraction of sp³-hybridized carbons (Fsp3) is 0.583. The van der Waals surface area contributed by atoms with E-state index in [1.807, 2.05) is 29.3 Å². The van der Waals surface area contributed by atoms with E-state index in [2.05, 4.69) is 0 Å². The standard InChI is InChI=1S/C12H18N2OS.ClH/c1-9(13)10-4-5-14(8-10)12(15)7-11-3-2-6-16-11;/h2-3,6,9-10H,4-5,7-8,13H2,1H3;1H. The SMILES string of the molecule is CC(N)C1CCN(C(=O)Cc2cccs2)C1.Cl. The van der Waals surface area contributed by atoms with E-state index in [4.69, 9.17) is 5.73 Å². The number of hydrogen-bond donors (Lipinski definition) is 1. The summed E-state index contributed by atoms with van der Waals surface area (Å²) in [5, 5.41) is 2.01. The van der Waals surface area contributed by atoms with Crippen LogP contribution in [-0.4, -0.2) is 29.9 Å². The third-order valence-corrected chi connectivity index (χ3v) is 4.10. The number of rotatable bonds is 3. The highest BCUT2D eigenvalue weighted by atomic mass is 35.5. The Morgan fingerprint density at radius 1 is 1.71 bits per heavy atom. The van der Waals surface area contributed by atoms with Gasteiger partial charge in [0.25, 0.3) is 0 Å². The van der Waals surface area contributed by atoms with Crippen molar-refractivity contribution in [1.82, 2.24) is 4.90 Å². The molecule has 0 spiro atoms. The van der Waals surface area contributed by atoms with Crippen LogP contribution >= 0.6 is 23.7 Å². The van der Waals surface area contributed by atoms with Gasteiger partial charge in [0.15, 0.2) is 0 Å². The third kappa shape index (κ3) is 3.69. The zero-order valence-corrected chi connectivity index (χ0v) is 11.6. The summed E-state index contributed by atoms with van der Waals surface area (Å²) in [7, 11) is 0. The van der Waals surface area contributed by atoms with Crippen LogP contribution in [0.15, 0.2) is 17.5 Å². The van der Waals surface area contributed by atoms with Gasteiger partial charge in [-0.1, -0.05) is 6.07 Å². The molecule has 0 aliphatic carbocycles. The van der Waals surface area contributed by atoms with Crippen molar-refractivity contribution in [1.29, 1.82) is 0 Å². The van der Waals surface area contributed by atoms with Crippen molar-refractivity contribution in [2.75, 3.05) is 13.1 Å². The maximum Gasteiger partial charge on any atom is 0.227 e. The van der Waals surface area contributed by atoms with Crippen molar-refractivity contribution >= 4 is 29.7 Å². The molecule has 2 rings (SSSR count). The number of likely N-dealkylation sites (tertiary alicyclic amines) is 1. The van der Waals surface area contributed by atoms with E-state index in [9.17, 15) is 4.79 Å². The van der Waals surface area contributed by atoms with Crippen molar-refractivity contribution < 1.29 is 4.79 Å². The minimum absolute atomic E-state index is 0. The second-order valence-corrected chi connectivity index (χ2v) is 5.54.